The van der Waals surface area contributed by atoms with E-state index in [1.807, 2.05) is 0 Å². The van der Waals surface area contributed by atoms with E-state index in [0.29, 0.717) is 0 Å². The fourth-order valence-corrected chi connectivity index (χ4v) is 7.47. The minimum Gasteiger partial charge on any atom is -0.386 e. The first-order valence-corrected chi connectivity index (χ1v) is 16.9. The number of aromatic amines is 2. The van der Waals surface area contributed by atoms with Crippen molar-refractivity contribution in [3.05, 3.63) is 33.4 Å². The maximum Gasteiger partial charge on any atom is 0.472 e. The predicted octanol–water partition coefficient (Wildman–Crippen LogP) is -1.91. The van der Waals surface area contributed by atoms with Gasteiger partial charge >= 0.3 is 15.6 Å². The Morgan fingerprint density at radius 1 is 0.875 bits per heavy atom. The van der Waals surface area contributed by atoms with Crippen molar-refractivity contribution in [2.24, 2.45) is 4.99 Å². The van der Waals surface area contributed by atoms with Crippen molar-refractivity contribution in [2.75, 3.05) is 18.9 Å². The van der Waals surface area contributed by atoms with Crippen molar-refractivity contribution in [3.8, 4) is 0 Å². The van der Waals surface area contributed by atoms with E-state index >= 15 is 0 Å². The minimum absolute atomic E-state index is 0.0806. The number of phosphoric acid groups is 2. The molecule has 0 spiro atoms. The van der Waals surface area contributed by atoms with Crippen molar-refractivity contribution in [3.63, 3.8) is 0 Å². The van der Waals surface area contributed by atoms with Gasteiger partial charge in [0.15, 0.2) is 34.8 Å². The number of aliphatic hydroxyl groups excluding tert-OH is 2. The predicted molar refractivity (Wildman–Crippen MR) is 156 cm³/mol. The minimum atomic E-state index is -5.11. The van der Waals surface area contributed by atoms with Crippen LogP contribution in [0.5, 0.6) is 0 Å². The number of hydrogen-bond acceptors (Lipinski definition) is 18. The zero-order valence-electron chi connectivity index (χ0n) is 24.2. The van der Waals surface area contributed by atoms with Crippen LogP contribution in [0.25, 0.3) is 22.3 Å². The van der Waals surface area contributed by atoms with Gasteiger partial charge in [-0.2, -0.15) is 9.97 Å². The maximum absolute atomic E-state index is 13.2. The molecule has 7 rings (SSSR count). The van der Waals surface area contributed by atoms with Crippen LogP contribution in [-0.4, -0.2) is 115 Å². The third-order valence-electron chi connectivity index (χ3n) is 7.60. The Morgan fingerprint density at radius 2 is 1.35 bits per heavy atom. The summed E-state index contributed by atoms with van der Waals surface area (Å²) in [6.45, 7) is -0.148. The van der Waals surface area contributed by atoms with Crippen LogP contribution in [0.2, 0.25) is 0 Å². The quantitative estimate of drug-likeness (QED) is 0.0898. The number of H-pyrrole nitrogens is 2. The van der Waals surface area contributed by atoms with Gasteiger partial charge in [0, 0.05) is 6.21 Å². The molecule has 48 heavy (non-hydrogen) atoms. The molecule has 3 saturated heterocycles. The van der Waals surface area contributed by atoms with Crippen LogP contribution in [-0.2, 0) is 36.7 Å². The van der Waals surface area contributed by atoms with Crippen molar-refractivity contribution < 1.29 is 56.7 Å². The molecule has 26 heteroatoms. The van der Waals surface area contributed by atoms with Gasteiger partial charge in [0.05, 0.1) is 25.9 Å². The van der Waals surface area contributed by atoms with Crippen LogP contribution in [0.1, 0.15) is 19.4 Å². The molecule has 4 aromatic heterocycles. The Hall–Kier alpha value is -3.77. The highest BCUT2D eigenvalue weighted by Crippen LogP contribution is 2.53. The first kappa shape index (κ1) is 32.8. The van der Waals surface area contributed by atoms with E-state index in [4.69, 9.17) is 33.3 Å². The van der Waals surface area contributed by atoms with Crippen molar-refractivity contribution >= 4 is 56.1 Å². The average molecular weight is 716 g/mol. The second-order valence-electron chi connectivity index (χ2n) is 10.7. The number of nitrogen functional groups attached to an aromatic ring is 1. The highest BCUT2D eigenvalue weighted by molar-refractivity contribution is 7.47. The molecule has 0 aromatic carbocycles. The number of aliphatic hydroxyl groups is 2. The normalized spacial score (nSPS) is 36.3. The van der Waals surface area contributed by atoms with Gasteiger partial charge in [-0.1, -0.05) is 0 Å². The molecule has 0 bridgehead atoms. The lowest BCUT2D eigenvalue weighted by atomic mass is 10.1. The molecule has 24 nitrogen and oxygen atoms in total. The number of nitrogens with two attached hydrogens (primary N) is 1. The molecule has 3 fully saturated rings. The largest absolute Gasteiger partial charge is 0.472 e. The molecule has 0 amide bonds. The summed E-state index contributed by atoms with van der Waals surface area (Å²) in [4.78, 5) is 70.7. The van der Waals surface area contributed by atoms with E-state index in [9.17, 15) is 38.7 Å². The summed E-state index contributed by atoms with van der Waals surface area (Å²) in [6, 6.07) is 0. The molecule has 4 aromatic rings. The van der Waals surface area contributed by atoms with E-state index in [1.165, 1.54) is 6.21 Å². The SMILES string of the molecule is C/C=N\c1nc2c(ncn2[C@@H]2O[C@@H]3COP(=O)(O)OC4[C@@H](COP(=O)(O)O[C@@H]3C2O)O[C@@H](n2cnc3c(=O)[nH]c(N)nc32)[C@H]4O)c(=O)[nH]1. The first-order chi connectivity index (χ1) is 22.7. The molecule has 8 N–H and O–H groups in total. The Kier molecular flexibility index (Phi) is 8.17. The van der Waals surface area contributed by atoms with Crippen LogP contribution >= 0.6 is 15.6 Å². The molecule has 0 saturated carbocycles. The van der Waals surface area contributed by atoms with Crippen LogP contribution < -0.4 is 16.9 Å². The second kappa shape index (κ2) is 12.0. The number of imidazole rings is 2. The van der Waals surface area contributed by atoms with Gasteiger partial charge in [-0.15, -0.1) is 0 Å². The third-order valence-corrected chi connectivity index (χ3v) is 9.57. The molecule has 258 valence electrons. The number of hydrogen-bond donors (Lipinski definition) is 7. The van der Waals surface area contributed by atoms with Gasteiger partial charge in [-0.05, 0) is 6.92 Å². The Labute approximate surface area is 265 Å². The van der Waals surface area contributed by atoms with E-state index in [-0.39, 0.29) is 34.2 Å². The summed E-state index contributed by atoms with van der Waals surface area (Å²) in [7, 11) is -10.2. The van der Waals surface area contributed by atoms with Gasteiger partial charge < -0.3 is 35.2 Å². The lowest BCUT2D eigenvalue weighted by molar-refractivity contribution is -0.0664. The molecule has 0 radical (unpaired) electrons. The molecule has 0 aliphatic carbocycles. The van der Waals surface area contributed by atoms with E-state index in [0.717, 1.165) is 21.8 Å². The molecule has 3 aliphatic rings. The summed E-state index contributed by atoms with van der Waals surface area (Å²) in [5.74, 6) is -0.368. The number of phosphoric ester groups is 2. The van der Waals surface area contributed by atoms with Crippen molar-refractivity contribution in [1.82, 2.24) is 39.0 Å². The fourth-order valence-electron chi connectivity index (χ4n) is 5.54. The summed E-state index contributed by atoms with van der Waals surface area (Å²) < 4.78 is 60.9. The zero-order valence-corrected chi connectivity index (χ0v) is 26.0. The monoisotopic (exact) mass is 716 g/mol. The van der Waals surface area contributed by atoms with Gasteiger partial charge in [-0.25, -0.2) is 24.1 Å². The summed E-state index contributed by atoms with van der Waals surface area (Å²) in [5.41, 5.74) is 3.77. The van der Waals surface area contributed by atoms with Gasteiger partial charge in [0.1, 0.15) is 36.6 Å². The summed E-state index contributed by atoms with van der Waals surface area (Å²) >= 11 is 0. The van der Waals surface area contributed by atoms with E-state index < -0.39 is 89.1 Å². The summed E-state index contributed by atoms with van der Waals surface area (Å²) in [5, 5.41) is 22.4. The van der Waals surface area contributed by atoms with Crippen LogP contribution in [0, 0.1) is 0 Å². The van der Waals surface area contributed by atoms with E-state index in [1.54, 1.807) is 6.92 Å². The molecule has 7 heterocycles. The van der Waals surface area contributed by atoms with Gasteiger partial charge in [0.2, 0.25) is 11.9 Å². The second-order valence-corrected chi connectivity index (χ2v) is 13.5. The number of nitrogens with zero attached hydrogens (tertiary/aromatic N) is 7. The maximum atomic E-state index is 13.2. The number of rotatable bonds is 3. The van der Waals surface area contributed by atoms with Crippen LogP contribution in [0.4, 0.5) is 11.9 Å². The van der Waals surface area contributed by atoms with Gasteiger partial charge in [-0.3, -0.25) is 46.8 Å². The number of aromatic nitrogens is 8. The highest BCUT2D eigenvalue weighted by Gasteiger charge is 2.54. The standard InChI is InChI=1S/C22H26N10O14P2/c1-2-24-22-28-16-10(18(36)30-22)26-6-32(16)20-12(34)14-8(44-20)4-42-47(37,38)45-13-7(3-41-48(39,40)46-14)43-19(11(13)33)31-5-25-9-15(31)27-21(23)29-17(9)35/h2,5-8,11-14,19-20,33-34H,3-4H2,1H3,(H,37,38)(H,39,40)(H,28,30,36)(H3,23,27,29,35)/b24-2-/t7-,8-,11+,12?,13?,14+,19-,20-/m1/s1. The lowest BCUT2D eigenvalue weighted by Crippen LogP contribution is -2.39. The Morgan fingerprint density at radius 3 is 1.85 bits per heavy atom. The number of aliphatic imine (C=N–C) groups is 1. The van der Waals surface area contributed by atoms with Crippen LogP contribution in [0.3, 0.4) is 0 Å². The molecule has 3 aliphatic heterocycles. The number of ether oxygens (including phenoxy) is 2. The van der Waals surface area contributed by atoms with Crippen molar-refractivity contribution in [1.29, 1.82) is 0 Å². The third kappa shape index (κ3) is 5.80. The first-order valence-electron chi connectivity index (χ1n) is 13.9. The Balaban J connectivity index is 1.17. The number of nitrogens with one attached hydrogen (secondary N) is 2. The topological polar surface area (TPSA) is 336 Å². The highest BCUT2D eigenvalue weighted by atomic mass is 31.2. The lowest BCUT2D eigenvalue weighted by Gasteiger charge is -2.27. The summed E-state index contributed by atoms with van der Waals surface area (Å²) in [6.07, 6.45) is -9.48. The smallest absolute Gasteiger partial charge is 0.386 e. The van der Waals surface area contributed by atoms with Crippen LogP contribution in [0.15, 0.2) is 27.2 Å². The molecular weight excluding hydrogens is 690 g/mol. The Bertz CT molecular complexity index is 2130. The molecular formula is C22H26N10O14P2. The molecule has 10 atom stereocenters. The molecule has 4 unspecified atom stereocenters. The number of fused-ring (bicyclic) bond motifs is 4. The number of anilines is 1. The zero-order chi connectivity index (χ0) is 34.1. The van der Waals surface area contributed by atoms with Gasteiger partial charge in [0.25, 0.3) is 11.1 Å². The fraction of sp³-hybridized carbons (Fsp3) is 0.500. The van der Waals surface area contributed by atoms with E-state index in [2.05, 4.69) is 34.9 Å². The van der Waals surface area contributed by atoms with Crippen molar-refractivity contribution in [2.45, 2.75) is 56.0 Å². The average Bonchev–Trinajstić information content (AvgIpc) is 3.76.